The second kappa shape index (κ2) is 14.9. The van der Waals surface area contributed by atoms with E-state index < -0.39 is 12.1 Å². The SMILES string of the molecule is COC(=O)N[C@H](C(=O)N1CCC[C@H]1C1=NC=C(c2ccc(-c3ccc(C4=CN=C([C@H]5CCCC5C(=O)NC(C)C)C4)cc3)cc2)C1)C(C)C. The predicted molar refractivity (Wildman–Crippen MR) is 195 cm³/mol. The number of nitrogens with zero attached hydrogens (tertiary/aromatic N) is 3. The van der Waals surface area contributed by atoms with Crippen molar-refractivity contribution in [2.24, 2.45) is 27.7 Å². The average molecular weight is 664 g/mol. The normalized spacial score (nSPS) is 22.5. The number of ether oxygens (including phenoxy) is 1. The summed E-state index contributed by atoms with van der Waals surface area (Å²) in [5, 5.41) is 5.83. The van der Waals surface area contributed by atoms with E-state index >= 15 is 0 Å². The van der Waals surface area contributed by atoms with Gasteiger partial charge in [0.1, 0.15) is 6.04 Å². The van der Waals surface area contributed by atoms with Crippen LogP contribution >= 0.6 is 0 Å². The van der Waals surface area contributed by atoms with Gasteiger partial charge in [-0.15, -0.1) is 0 Å². The van der Waals surface area contributed by atoms with E-state index in [1.807, 2.05) is 45.0 Å². The number of aliphatic imine (C=N–C) groups is 2. The van der Waals surface area contributed by atoms with Gasteiger partial charge in [-0.25, -0.2) is 4.79 Å². The molecule has 1 saturated heterocycles. The fourth-order valence-electron chi connectivity index (χ4n) is 7.75. The third kappa shape index (κ3) is 7.56. The van der Waals surface area contributed by atoms with Gasteiger partial charge in [0.05, 0.1) is 13.2 Å². The van der Waals surface area contributed by atoms with Gasteiger partial charge in [0.25, 0.3) is 0 Å². The lowest BCUT2D eigenvalue weighted by Gasteiger charge is -2.31. The first-order valence-electron chi connectivity index (χ1n) is 17.8. The Bertz CT molecular complexity index is 1690. The third-order valence-electron chi connectivity index (χ3n) is 10.4. The van der Waals surface area contributed by atoms with E-state index in [4.69, 9.17) is 14.7 Å². The molecule has 0 radical (unpaired) electrons. The van der Waals surface area contributed by atoms with Crippen LogP contribution in [0.15, 0.2) is 70.9 Å². The van der Waals surface area contributed by atoms with Gasteiger partial charge in [-0.05, 0) is 78.8 Å². The summed E-state index contributed by atoms with van der Waals surface area (Å²) in [6.07, 6.45) is 9.64. The van der Waals surface area contributed by atoms with E-state index in [0.29, 0.717) is 13.0 Å². The summed E-state index contributed by atoms with van der Waals surface area (Å²) in [4.78, 5) is 49.7. The van der Waals surface area contributed by atoms with Gasteiger partial charge in [0.2, 0.25) is 11.8 Å². The summed E-state index contributed by atoms with van der Waals surface area (Å²) in [6.45, 7) is 8.53. The highest BCUT2D eigenvalue weighted by Gasteiger charge is 2.39. The molecule has 0 spiro atoms. The van der Waals surface area contributed by atoms with Crippen LogP contribution in [0.1, 0.15) is 83.8 Å². The largest absolute Gasteiger partial charge is 0.453 e. The molecular weight excluding hydrogens is 614 g/mol. The first-order valence-corrected chi connectivity index (χ1v) is 17.8. The van der Waals surface area contributed by atoms with E-state index in [-0.39, 0.29) is 41.7 Å². The molecule has 3 heterocycles. The van der Waals surface area contributed by atoms with Gasteiger partial charge >= 0.3 is 6.09 Å². The van der Waals surface area contributed by atoms with Crippen molar-refractivity contribution in [3.05, 3.63) is 72.1 Å². The van der Waals surface area contributed by atoms with E-state index in [0.717, 1.165) is 72.2 Å². The number of allylic oxidation sites excluding steroid dienone is 2. The molecule has 2 aromatic rings. The van der Waals surface area contributed by atoms with Crippen molar-refractivity contribution in [1.82, 2.24) is 15.5 Å². The zero-order valence-corrected chi connectivity index (χ0v) is 29.4. The van der Waals surface area contributed by atoms with Crippen LogP contribution in [0.4, 0.5) is 4.79 Å². The molecule has 258 valence electrons. The standard InChI is InChI=1S/C40H49N5O4/c1-24(2)37(44-40(48)49-5)39(47)45-19-7-10-36(45)35-21-31(23-42-35)29-17-13-27(14-18-29)26-11-15-28(16-12-26)30-20-34(41-22-30)32-8-6-9-33(32)38(46)43-25(3)4/h11-18,22-25,32-33,36-37H,6-10,19-21H2,1-5H3,(H,43,46)(H,44,48)/t32-,33?,36-,37-/m0/s1. The van der Waals surface area contributed by atoms with E-state index in [2.05, 4.69) is 59.2 Å². The number of rotatable bonds is 10. The lowest BCUT2D eigenvalue weighted by Crippen LogP contribution is -2.53. The van der Waals surface area contributed by atoms with Crippen LogP contribution in [0.5, 0.6) is 0 Å². The van der Waals surface area contributed by atoms with Gasteiger partial charge in [0, 0.05) is 61.1 Å². The molecule has 2 fully saturated rings. The Balaban J connectivity index is 1.04. The van der Waals surface area contributed by atoms with Crippen LogP contribution in [0, 0.1) is 17.8 Å². The first kappa shape index (κ1) is 34.3. The monoisotopic (exact) mass is 663 g/mol. The number of carbonyl (C=O) groups is 3. The molecule has 2 N–H and O–H groups in total. The maximum absolute atomic E-state index is 13.5. The van der Waals surface area contributed by atoms with E-state index in [1.165, 1.54) is 18.2 Å². The molecule has 2 aromatic carbocycles. The maximum atomic E-state index is 13.5. The molecule has 0 bridgehead atoms. The molecule has 3 amide bonds. The molecule has 4 atom stereocenters. The highest BCUT2D eigenvalue weighted by molar-refractivity contribution is 6.04. The second-order valence-electron chi connectivity index (χ2n) is 14.4. The fourth-order valence-corrected chi connectivity index (χ4v) is 7.75. The number of likely N-dealkylation sites (tertiary alicyclic amines) is 1. The number of nitrogens with one attached hydrogen (secondary N) is 2. The number of benzene rings is 2. The van der Waals surface area contributed by atoms with Crippen molar-refractivity contribution in [2.45, 2.75) is 90.8 Å². The van der Waals surface area contributed by atoms with Gasteiger partial charge in [0.15, 0.2) is 0 Å². The van der Waals surface area contributed by atoms with Crippen molar-refractivity contribution in [3.8, 4) is 11.1 Å². The van der Waals surface area contributed by atoms with Crippen LogP contribution in [0.25, 0.3) is 22.3 Å². The maximum Gasteiger partial charge on any atom is 0.407 e. The Kier molecular flexibility index (Phi) is 10.5. The molecule has 1 unspecified atom stereocenters. The summed E-state index contributed by atoms with van der Waals surface area (Å²) >= 11 is 0. The molecule has 49 heavy (non-hydrogen) atoms. The molecule has 9 heteroatoms. The molecular formula is C40H49N5O4. The Labute approximate surface area is 290 Å². The molecule has 3 aliphatic heterocycles. The molecule has 0 aromatic heterocycles. The highest BCUT2D eigenvalue weighted by Crippen LogP contribution is 2.38. The molecule has 6 rings (SSSR count). The summed E-state index contributed by atoms with van der Waals surface area (Å²) in [6, 6.07) is 16.7. The lowest BCUT2D eigenvalue weighted by molar-refractivity contribution is -0.134. The predicted octanol–water partition coefficient (Wildman–Crippen LogP) is 7.04. The van der Waals surface area contributed by atoms with Crippen LogP contribution in [-0.2, 0) is 14.3 Å². The number of amides is 3. The zero-order chi connectivity index (χ0) is 34.7. The Morgan fingerprint density at radius 3 is 1.90 bits per heavy atom. The zero-order valence-electron chi connectivity index (χ0n) is 29.4. The van der Waals surface area contributed by atoms with Crippen LogP contribution < -0.4 is 10.6 Å². The quantitative estimate of drug-likeness (QED) is 0.284. The number of methoxy groups -OCH3 is 1. The topological polar surface area (TPSA) is 112 Å². The van der Waals surface area contributed by atoms with Gasteiger partial charge in [-0.3, -0.25) is 19.6 Å². The average Bonchev–Trinajstić information content (AvgIpc) is 3.93. The minimum absolute atomic E-state index is 0.0262. The summed E-state index contributed by atoms with van der Waals surface area (Å²) < 4.78 is 4.76. The van der Waals surface area contributed by atoms with Gasteiger partial charge in [-0.1, -0.05) is 68.8 Å². The lowest BCUT2D eigenvalue weighted by atomic mass is 9.87. The number of alkyl carbamates (subject to hydrolysis) is 1. The molecule has 4 aliphatic rings. The van der Waals surface area contributed by atoms with Gasteiger partial charge in [-0.2, -0.15) is 0 Å². The van der Waals surface area contributed by atoms with Crippen LogP contribution in [-0.4, -0.2) is 66.0 Å². The Hall–Kier alpha value is -4.53. The Morgan fingerprint density at radius 2 is 1.33 bits per heavy atom. The smallest absolute Gasteiger partial charge is 0.407 e. The Morgan fingerprint density at radius 1 is 0.755 bits per heavy atom. The minimum Gasteiger partial charge on any atom is -0.453 e. The van der Waals surface area contributed by atoms with Crippen LogP contribution in [0.3, 0.4) is 0 Å². The van der Waals surface area contributed by atoms with E-state index in [1.54, 1.807) is 0 Å². The highest BCUT2D eigenvalue weighted by atomic mass is 16.5. The van der Waals surface area contributed by atoms with Gasteiger partial charge < -0.3 is 20.3 Å². The number of hydrogen-bond donors (Lipinski definition) is 2. The minimum atomic E-state index is -0.640. The first-order chi connectivity index (χ1) is 23.6. The van der Waals surface area contributed by atoms with Crippen molar-refractivity contribution >= 4 is 40.5 Å². The molecule has 1 aliphatic carbocycles. The van der Waals surface area contributed by atoms with Crippen molar-refractivity contribution in [3.63, 3.8) is 0 Å². The van der Waals surface area contributed by atoms with E-state index in [9.17, 15) is 14.4 Å². The fraction of sp³-hybridized carbons (Fsp3) is 0.475. The molecule has 9 nitrogen and oxygen atoms in total. The molecule has 1 saturated carbocycles. The number of carbonyl (C=O) groups excluding carboxylic acids is 3. The third-order valence-corrected chi connectivity index (χ3v) is 10.4. The summed E-state index contributed by atoms with van der Waals surface area (Å²) in [7, 11) is 1.31. The second-order valence-corrected chi connectivity index (χ2v) is 14.4. The van der Waals surface area contributed by atoms with Crippen molar-refractivity contribution < 1.29 is 19.1 Å². The van der Waals surface area contributed by atoms with Crippen molar-refractivity contribution in [2.75, 3.05) is 13.7 Å². The summed E-state index contributed by atoms with van der Waals surface area (Å²) in [5.41, 5.74) is 9.06. The van der Waals surface area contributed by atoms with Crippen molar-refractivity contribution in [1.29, 1.82) is 0 Å². The van der Waals surface area contributed by atoms with Crippen LogP contribution in [0.2, 0.25) is 0 Å². The number of hydrogen-bond acceptors (Lipinski definition) is 6. The summed E-state index contributed by atoms with van der Waals surface area (Å²) in [5.74, 6) is 0.274.